The highest BCUT2D eigenvalue weighted by Gasteiger charge is 2.18. The van der Waals surface area contributed by atoms with Crippen LogP contribution >= 0.6 is 0 Å². The maximum absolute atomic E-state index is 13.0. The van der Waals surface area contributed by atoms with E-state index in [-0.39, 0.29) is 32.4 Å². The zero-order valence-electron chi connectivity index (χ0n) is 28.2. The third-order valence-electron chi connectivity index (χ3n) is 8.41. The van der Waals surface area contributed by atoms with Gasteiger partial charge in [0.15, 0.2) is 0 Å². The molecule has 6 aromatic carbocycles. The summed E-state index contributed by atoms with van der Waals surface area (Å²) in [5.41, 5.74) is 2.87. The predicted octanol–water partition coefficient (Wildman–Crippen LogP) is 6.28. The molecular weight excluding hydrogens is 741 g/mol. The Hall–Kier alpha value is -6.53. The Kier molecular flexibility index (Phi) is 9.74. The number of phenolic OH excluding ortho intramolecular Hbond substituents is 2. The lowest BCUT2D eigenvalue weighted by atomic mass is 10.1. The zero-order chi connectivity index (χ0) is 39.1. The Bertz CT molecular complexity index is 2600. The lowest BCUT2D eigenvalue weighted by Crippen LogP contribution is -2.42. The van der Waals surface area contributed by atoms with Crippen molar-refractivity contribution >= 4 is 82.4 Å². The Labute approximate surface area is 307 Å². The van der Waals surface area contributed by atoms with Crippen molar-refractivity contribution in [1.82, 2.24) is 10.6 Å². The van der Waals surface area contributed by atoms with Gasteiger partial charge in [0.1, 0.15) is 11.5 Å². The average Bonchev–Trinajstić information content (AvgIpc) is 3.08. The number of anilines is 4. The molecule has 0 fully saturated rings. The van der Waals surface area contributed by atoms with Gasteiger partial charge in [-0.3, -0.25) is 29.3 Å². The molecule has 54 heavy (non-hydrogen) atoms. The first-order chi connectivity index (χ1) is 25.3. The summed E-state index contributed by atoms with van der Waals surface area (Å²) in [7, 11) is -8.99. The molecule has 0 aromatic heterocycles. The topological polar surface area (TPSA) is 249 Å². The second-order valence-corrected chi connectivity index (χ2v) is 15.1. The molecule has 0 saturated heterocycles. The molecule has 0 spiro atoms. The van der Waals surface area contributed by atoms with Gasteiger partial charge in [0.05, 0.1) is 9.79 Å². The highest BCUT2D eigenvalue weighted by molar-refractivity contribution is 7.86. The van der Waals surface area contributed by atoms with Crippen molar-refractivity contribution in [3.05, 3.63) is 119 Å². The minimum Gasteiger partial charge on any atom is -0.507 e. The highest BCUT2D eigenvalue weighted by Crippen LogP contribution is 2.34. The molecule has 0 aliphatic rings. The second kappa shape index (κ2) is 14.1. The molecule has 0 saturated carbocycles. The van der Waals surface area contributed by atoms with Gasteiger partial charge in [-0.1, -0.05) is 12.1 Å². The number of phenols is 2. The van der Waals surface area contributed by atoms with E-state index in [4.69, 9.17) is 0 Å². The molecule has 0 heterocycles. The van der Waals surface area contributed by atoms with E-state index in [1.54, 1.807) is 26.0 Å². The van der Waals surface area contributed by atoms with E-state index in [1.165, 1.54) is 72.8 Å². The summed E-state index contributed by atoms with van der Waals surface area (Å²) < 4.78 is 65.3. The van der Waals surface area contributed by atoms with Gasteiger partial charge in [0.25, 0.3) is 32.1 Å². The van der Waals surface area contributed by atoms with Crippen LogP contribution < -0.4 is 21.3 Å². The van der Waals surface area contributed by atoms with Crippen molar-refractivity contribution in [2.24, 2.45) is 0 Å². The fourth-order valence-corrected chi connectivity index (χ4v) is 6.64. The van der Waals surface area contributed by atoms with Gasteiger partial charge in [0.2, 0.25) is 0 Å². The van der Waals surface area contributed by atoms with Gasteiger partial charge < -0.3 is 20.8 Å². The molecule has 0 bridgehead atoms. The number of amides is 4. The van der Waals surface area contributed by atoms with Crippen LogP contribution in [0.2, 0.25) is 0 Å². The monoisotopic (exact) mass is 770 g/mol. The van der Waals surface area contributed by atoms with Crippen LogP contribution in [0, 0.1) is 13.8 Å². The Morgan fingerprint density at radius 1 is 0.519 bits per heavy atom. The van der Waals surface area contributed by atoms with Gasteiger partial charge in [-0.15, -0.1) is 0 Å². The third kappa shape index (κ3) is 8.08. The fraction of sp³-hybridized carbons (Fsp3) is 0.0541. The van der Waals surface area contributed by atoms with E-state index >= 15 is 0 Å². The van der Waals surface area contributed by atoms with Crippen LogP contribution in [0.4, 0.5) is 27.5 Å². The number of imide groups is 2. The summed E-state index contributed by atoms with van der Waals surface area (Å²) in [6.07, 6.45) is 0. The van der Waals surface area contributed by atoms with Crippen LogP contribution in [0.15, 0.2) is 107 Å². The molecule has 276 valence electrons. The summed E-state index contributed by atoms with van der Waals surface area (Å²) in [5.74, 6) is -2.04. The van der Waals surface area contributed by atoms with Crippen LogP contribution in [-0.2, 0) is 20.2 Å². The van der Waals surface area contributed by atoms with Crippen molar-refractivity contribution in [3.8, 4) is 11.5 Å². The van der Waals surface area contributed by atoms with Crippen LogP contribution in [-0.4, -0.2) is 54.0 Å². The first kappa shape index (κ1) is 37.2. The molecule has 6 rings (SSSR count). The van der Waals surface area contributed by atoms with Crippen molar-refractivity contribution in [2.45, 2.75) is 23.6 Å². The SMILES string of the molecule is Cc1ccc(C(=O)NC(=O)NC(=O)c2ccc(C)c(Nc3cc(O)c4ccc(S(=O)(=O)O)cc4c3)c2)cc1Nc1cc(O)c2ccc(S(=O)(=O)O)cc2c1. The van der Waals surface area contributed by atoms with E-state index in [0.717, 1.165) is 12.1 Å². The first-order valence-corrected chi connectivity index (χ1v) is 18.6. The van der Waals surface area contributed by atoms with Gasteiger partial charge in [-0.05, 0) is 109 Å². The number of hydrogen-bond acceptors (Lipinski definition) is 11. The van der Waals surface area contributed by atoms with Gasteiger partial charge in [0, 0.05) is 56.8 Å². The standard InChI is InChI=1S/C37H30N4O11S2/c1-19-3-5-21(15-31(19)38-25-11-23-13-27(53(47,48)49)7-9-29(23)33(42)17-25)35(44)40-37(46)41-36(45)22-6-4-20(2)32(16-22)39-26-12-24-14-28(54(50,51)52)8-10-30(24)34(43)18-26/h3-18,38-39,42-43H,1-2H3,(H,47,48,49)(H,50,51,52)(H2,40,41,44,45,46). The van der Waals surface area contributed by atoms with Gasteiger partial charge in [-0.2, -0.15) is 16.8 Å². The number of urea groups is 1. The van der Waals surface area contributed by atoms with Gasteiger partial charge >= 0.3 is 6.03 Å². The summed E-state index contributed by atoms with van der Waals surface area (Å²) in [5, 5.41) is 32.7. The average molecular weight is 771 g/mol. The number of nitrogens with one attached hydrogen (secondary N) is 4. The lowest BCUT2D eigenvalue weighted by molar-refractivity contribution is 0.0944. The van der Waals surface area contributed by atoms with Crippen molar-refractivity contribution in [1.29, 1.82) is 0 Å². The van der Waals surface area contributed by atoms with Crippen LogP contribution in [0.25, 0.3) is 21.5 Å². The minimum absolute atomic E-state index is 0.0357. The number of fused-ring (bicyclic) bond motifs is 2. The molecule has 4 amide bonds. The molecule has 0 aliphatic heterocycles. The van der Waals surface area contributed by atoms with Crippen molar-refractivity contribution in [3.63, 3.8) is 0 Å². The molecule has 0 atom stereocenters. The summed E-state index contributed by atoms with van der Waals surface area (Å²) in [4.78, 5) is 38.1. The number of aryl methyl sites for hydroxylation is 2. The fourth-order valence-electron chi connectivity index (χ4n) is 5.61. The Morgan fingerprint density at radius 3 is 1.28 bits per heavy atom. The van der Waals surface area contributed by atoms with E-state index in [0.29, 0.717) is 55.4 Å². The third-order valence-corrected chi connectivity index (χ3v) is 10.1. The molecule has 0 aliphatic carbocycles. The normalized spacial score (nSPS) is 11.6. The van der Waals surface area contributed by atoms with Crippen LogP contribution in [0.1, 0.15) is 31.8 Å². The number of carbonyl (C=O) groups excluding carboxylic acids is 3. The smallest absolute Gasteiger partial charge is 0.328 e. The maximum Gasteiger partial charge on any atom is 0.328 e. The van der Waals surface area contributed by atoms with Crippen LogP contribution in [0.5, 0.6) is 11.5 Å². The molecule has 0 unspecified atom stereocenters. The molecular formula is C37H30N4O11S2. The van der Waals surface area contributed by atoms with E-state index in [2.05, 4.69) is 21.3 Å². The van der Waals surface area contributed by atoms with E-state index < -0.39 is 38.1 Å². The number of aromatic hydroxyl groups is 2. The number of benzene rings is 6. The molecule has 8 N–H and O–H groups in total. The largest absolute Gasteiger partial charge is 0.507 e. The number of hydrogen-bond donors (Lipinski definition) is 8. The second-order valence-electron chi connectivity index (χ2n) is 12.3. The van der Waals surface area contributed by atoms with Crippen LogP contribution in [0.3, 0.4) is 0 Å². The maximum atomic E-state index is 13.0. The van der Waals surface area contributed by atoms with Crippen molar-refractivity contribution < 1.29 is 50.5 Å². The van der Waals surface area contributed by atoms with Gasteiger partial charge in [-0.25, -0.2) is 4.79 Å². The number of rotatable bonds is 8. The molecule has 17 heteroatoms. The predicted molar refractivity (Wildman–Crippen MR) is 200 cm³/mol. The molecule has 6 aromatic rings. The zero-order valence-corrected chi connectivity index (χ0v) is 29.8. The van der Waals surface area contributed by atoms with E-state index in [9.17, 15) is 50.5 Å². The van der Waals surface area contributed by atoms with E-state index in [1.807, 2.05) is 0 Å². The quantitative estimate of drug-likeness (QED) is 0.0795. The summed E-state index contributed by atoms with van der Waals surface area (Å²) >= 11 is 0. The summed E-state index contributed by atoms with van der Waals surface area (Å²) in [6.45, 7) is 3.47. The number of carbonyl (C=O) groups is 3. The molecule has 0 radical (unpaired) electrons. The Balaban J connectivity index is 1.14. The Morgan fingerprint density at radius 2 is 0.907 bits per heavy atom. The summed E-state index contributed by atoms with van der Waals surface area (Å²) in [6, 6.07) is 21.1. The molecule has 15 nitrogen and oxygen atoms in total. The minimum atomic E-state index is -4.49. The first-order valence-electron chi connectivity index (χ1n) is 15.8. The van der Waals surface area contributed by atoms with Crippen molar-refractivity contribution in [2.75, 3.05) is 10.6 Å². The highest BCUT2D eigenvalue weighted by atomic mass is 32.2. The lowest BCUT2D eigenvalue weighted by Gasteiger charge is -2.14.